The Hall–Kier alpha value is -2.54. The minimum atomic E-state index is -4.96. The summed E-state index contributed by atoms with van der Waals surface area (Å²) in [6.45, 7) is 1.85. The molecule has 1 heterocycles. The Bertz CT molecular complexity index is 935. The molecule has 24 heavy (non-hydrogen) atoms. The second-order valence-electron chi connectivity index (χ2n) is 5.12. The van der Waals surface area contributed by atoms with E-state index in [-0.39, 0.29) is 17.2 Å². The van der Waals surface area contributed by atoms with Crippen molar-refractivity contribution in [2.75, 3.05) is 5.32 Å². The fourth-order valence-corrected chi connectivity index (χ4v) is 2.23. The van der Waals surface area contributed by atoms with Crippen molar-refractivity contribution in [2.45, 2.75) is 13.1 Å². The largest absolute Gasteiger partial charge is 0.471 e. The van der Waals surface area contributed by atoms with E-state index < -0.39 is 12.1 Å². The van der Waals surface area contributed by atoms with Gasteiger partial charge in [-0.1, -0.05) is 17.7 Å². The average Bonchev–Trinajstić information content (AvgIpc) is 2.92. The summed E-state index contributed by atoms with van der Waals surface area (Å²) in [6.07, 6.45) is -4.96. The predicted molar refractivity (Wildman–Crippen MR) is 83.9 cm³/mol. The zero-order chi connectivity index (χ0) is 17.5. The zero-order valence-electron chi connectivity index (χ0n) is 12.2. The van der Waals surface area contributed by atoms with E-state index >= 15 is 0 Å². The number of fused-ring (bicyclic) bond motifs is 1. The molecule has 4 nitrogen and oxygen atoms in total. The molecule has 0 aliphatic carbocycles. The van der Waals surface area contributed by atoms with Crippen molar-refractivity contribution in [3.8, 4) is 11.5 Å². The van der Waals surface area contributed by atoms with Crippen LogP contribution in [-0.4, -0.2) is 17.1 Å². The van der Waals surface area contributed by atoms with Crippen LogP contribution in [0.1, 0.15) is 5.56 Å². The van der Waals surface area contributed by atoms with Gasteiger partial charge < -0.3 is 9.73 Å². The van der Waals surface area contributed by atoms with Crippen molar-refractivity contribution in [1.29, 1.82) is 0 Å². The minimum absolute atomic E-state index is 0.0329. The van der Waals surface area contributed by atoms with E-state index in [0.717, 1.165) is 5.56 Å². The Labute approximate surface area is 139 Å². The molecule has 2 aromatic carbocycles. The number of carbonyl (C=O) groups excluding carboxylic acids is 1. The van der Waals surface area contributed by atoms with Crippen molar-refractivity contribution in [2.24, 2.45) is 0 Å². The summed E-state index contributed by atoms with van der Waals surface area (Å²) in [5.41, 5.74) is 2.21. The number of amides is 1. The fraction of sp³-hybridized carbons (Fsp3) is 0.125. The summed E-state index contributed by atoms with van der Waals surface area (Å²) in [7, 11) is 0. The van der Waals surface area contributed by atoms with Crippen LogP contribution < -0.4 is 5.32 Å². The Kier molecular flexibility index (Phi) is 3.96. The van der Waals surface area contributed by atoms with Crippen LogP contribution in [0.2, 0.25) is 5.02 Å². The van der Waals surface area contributed by atoms with E-state index in [1.165, 1.54) is 18.2 Å². The molecular formula is C16H10ClF3N2O2. The van der Waals surface area contributed by atoms with Crippen LogP contribution in [0, 0.1) is 6.92 Å². The third-order valence-electron chi connectivity index (χ3n) is 3.32. The summed E-state index contributed by atoms with van der Waals surface area (Å²) in [5, 5.41) is 2.32. The number of aromatic nitrogens is 1. The van der Waals surface area contributed by atoms with Crippen LogP contribution in [0.25, 0.3) is 22.6 Å². The molecule has 0 bridgehead atoms. The number of nitrogens with zero attached hydrogens (tertiary/aromatic N) is 1. The lowest BCUT2D eigenvalue weighted by molar-refractivity contribution is -0.167. The molecule has 0 saturated carbocycles. The zero-order valence-corrected chi connectivity index (χ0v) is 13.0. The number of hydrogen-bond acceptors (Lipinski definition) is 3. The summed E-state index contributed by atoms with van der Waals surface area (Å²) < 4.78 is 42.4. The number of rotatable bonds is 2. The number of carbonyl (C=O) groups is 1. The Morgan fingerprint density at radius 2 is 1.96 bits per heavy atom. The van der Waals surface area contributed by atoms with E-state index in [1.54, 1.807) is 17.4 Å². The van der Waals surface area contributed by atoms with Gasteiger partial charge in [0.05, 0.1) is 0 Å². The van der Waals surface area contributed by atoms with Crippen LogP contribution in [0.4, 0.5) is 18.9 Å². The fourth-order valence-electron chi connectivity index (χ4n) is 2.05. The molecule has 3 aromatic rings. The molecule has 0 spiro atoms. The first-order valence-corrected chi connectivity index (χ1v) is 7.17. The van der Waals surface area contributed by atoms with E-state index in [4.69, 9.17) is 16.0 Å². The SMILES string of the molecule is Cc1ccc(-c2nc3ccc(NC(=O)C(F)(F)F)cc3o2)cc1Cl. The molecule has 0 aliphatic heterocycles. The lowest BCUT2D eigenvalue weighted by atomic mass is 10.1. The van der Waals surface area contributed by atoms with Gasteiger partial charge in [0.25, 0.3) is 0 Å². The van der Waals surface area contributed by atoms with Gasteiger partial charge in [-0.15, -0.1) is 0 Å². The molecule has 1 N–H and O–H groups in total. The highest BCUT2D eigenvalue weighted by molar-refractivity contribution is 6.31. The highest BCUT2D eigenvalue weighted by Gasteiger charge is 2.38. The van der Waals surface area contributed by atoms with Gasteiger partial charge in [0.15, 0.2) is 5.58 Å². The second-order valence-corrected chi connectivity index (χ2v) is 5.52. The Morgan fingerprint density at radius 1 is 1.21 bits per heavy atom. The van der Waals surface area contributed by atoms with Gasteiger partial charge in [-0.05, 0) is 36.8 Å². The molecule has 8 heteroatoms. The first kappa shape index (κ1) is 16.3. The van der Waals surface area contributed by atoms with Crippen molar-refractivity contribution in [1.82, 2.24) is 4.98 Å². The number of halogens is 4. The Balaban J connectivity index is 1.94. The van der Waals surface area contributed by atoms with E-state index in [2.05, 4.69) is 4.98 Å². The maximum atomic E-state index is 12.3. The second kappa shape index (κ2) is 5.83. The third-order valence-corrected chi connectivity index (χ3v) is 3.73. The monoisotopic (exact) mass is 354 g/mol. The van der Waals surface area contributed by atoms with Crippen LogP contribution in [0.15, 0.2) is 40.8 Å². The number of alkyl halides is 3. The molecule has 1 amide bonds. The first-order chi connectivity index (χ1) is 11.2. The molecule has 0 saturated heterocycles. The summed E-state index contributed by atoms with van der Waals surface area (Å²) in [4.78, 5) is 15.2. The number of aryl methyl sites for hydroxylation is 1. The molecule has 0 unspecified atom stereocenters. The molecule has 0 atom stereocenters. The number of oxazole rings is 1. The number of benzene rings is 2. The molecule has 0 fully saturated rings. The highest BCUT2D eigenvalue weighted by Crippen LogP contribution is 2.29. The van der Waals surface area contributed by atoms with Crippen LogP contribution in [0.5, 0.6) is 0 Å². The number of anilines is 1. The van der Waals surface area contributed by atoms with Crippen molar-refractivity contribution in [3.05, 3.63) is 47.0 Å². The van der Waals surface area contributed by atoms with Crippen LogP contribution >= 0.6 is 11.6 Å². The maximum absolute atomic E-state index is 12.3. The number of nitrogens with one attached hydrogen (secondary N) is 1. The van der Waals surface area contributed by atoms with Crippen molar-refractivity contribution in [3.63, 3.8) is 0 Å². The normalized spacial score (nSPS) is 11.7. The summed E-state index contributed by atoms with van der Waals surface area (Å²) in [6, 6.07) is 9.34. The van der Waals surface area contributed by atoms with Crippen LogP contribution in [-0.2, 0) is 4.79 Å². The van der Waals surface area contributed by atoms with Gasteiger partial charge in [-0.2, -0.15) is 13.2 Å². The Morgan fingerprint density at radius 3 is 2.62 bits per heavy atom. The van der Waals surface area contributed by atoms with Gasteiger partial charge in [0, 0.05) is 22.3 Å². The topological polar surface area (TPSA) is 55.1 Å². The lowest BCUT2D eigenvalue weighted by Gasteiger charge is -2.07. The van der Waals surface area contributed by atoms with Gasteiger partial charge in [0.1, 0.15) is 5.52 Å². The molecule has 124 valence electrons. The third kappa shape index (κ3) is 3.21. The van der Waals surface area contributed by atoms with E-state index in [0.29, 0.717) is 16.1 Å². The van der Waals surface area contributed by atoms with E-state index in [1.807, 2.05) is 13.0 Å². The molecule has 0 aliphatic rings. The maximum Gasteiger partial charge on any atom is 0.471 e. The summed E-state index contributed by atoms with van der Waals surface area (Å²) >= 11 is 6.06. The first-order valence-electron chi connectivity index (χ1n) is 6.79. The minimum Gasteiger partial charge on any atom is -0.436 e. The van der Waals surface area contributed by atoms with E-state index in [9.17, 15) is 18.0 Å². The average molecular weight is 355 g/mol. The highest BCUT2D eigenvalue weighted by atomic mass is 35.5. The molecule has 0 radical (unpaired) electrons. The lowest BCUT2D eigenvalue weighted by Crippen LogP contribution is -2.29. The van der Waals surface area contributed by atoms with Gasteiger partial charge in [-0.25, -0.2) is 4.98 Å². The van der Waals surface area contributed by atoms with Gasteiger partial charge in [-0.3, -0.25) is 4.79 Å². The van der Waals surface area contributed by atoms with Crippen molar-refractivity contribution >= 4 is 34.3 Å². The standard InChI is InChI=1S/C16H10ClF3N2O2/c1-8-2-3-9(6-11(8)17)14-22-12-5-4-10(7-13(12)24-14)21-15(23)16(18,19)20/h2-7H,1H3,(H,21,23). The predicted octanol–water partition coefficient (Wildman–Crippen LogP) is 4.96. The quantitative estimate of drug-likeness (QED) is 0.707. The molecule has 3 rings (SSSR count). The smallest absolute Gasteiger partial charge is 0.436 e. The molecular weight excluding hydrogens is 345 g/mol. The van der Waals surface area contributed by atoms with Crippen LogP contribution in [0.3, 0.4) is 0 Å². The number of hydrogen-bond donors (Lipinski definition) is 1. The molecule has 1 aromatic heterocycles. The summed E-state index contributed by atoms with van der Waals surface area (Å²) in [5.74, 6) is -1.77. The van der Waals surface area contributed by atoms with Gasteiger partial charge in [0.2, 0.25) is 5.89 Å². The van der Waals surface area contributed by atoms with Gasteiger partial charge >= 0.3 is 12.1 Å². The van der Waals surface area contributed by atoms with Crippen molar-refractivity contribution < 1.29 is 22.4 Å².